The van der Waals surface area contributed by atoms with Crippen LogP contribution in [0.1, 0.15) is 49.6 Å². The fourth-order valence-corrected chi connectivity index (χ4v) is 4.50. The molecule has 3 rings (SSSR count). The Morgan fingerprint density at radius 2 is 2.12 bits per heavy atom. The molecule has 0 spiro atoms. The van der Waals surface area contributed by atoms with E-state index in [2.05, 4.69) is 17.1 Å². The minimum atomic E-state index is -0.654. The summed E-state index contributed by atoms with van der Waals surface area (Å²) >= 11 is 0. The van der Waals surface area contributed by atoms with E-state index < -0.39 is 5.60 Å². The van der Waals surface area contributed by atoms with Crippen LogP contribution in [-0.2, 0) is 16.0 Å². The fraction of sp³-hybridized carbons (Fsp3) is 0.789. The second kappa shape index (κ2) is 7.46. The number of nitrogens with zero attached hydrogens (tertiary/aromatic N) is 2. The van der Waals surface area contributed by atoms with Crippen LogP contribution < -0.4 is 0 Å². The molecule has 0 radical (unpaired) electrons. The first-order chi connectivity index (χ1) is 11.9. The van der Waals surface area contributed by atoms with Gasteiger partial charge >= 0.3 is 0 Å². The second-order valence-corrected chi connectivity index (χ2v) is 7.78. The first kappa shape index (κ1) is 18.4. The molecule has 1 aromatic rings. The number of aromatic nitrogens is 2. The summed E-state index contributed by atoms with van der Waals surface area (Å²) in [5.74, 6) is 0.580. The van der Waals surface area contributed by atoms with Crippen molar-refractivity contribution in [2.45, 2.75) is 58.5 Å². The summed E-state index contributed by atoms with van der Waals surface area (Å²) in [5, 5.41) is 18.4. The predicted molar refractivity (Wildman–Crippen MR) is 95.2 cm³/mol. The molecule has 6 heteroatoms. The van der Waals surface area contributed by atoms with E-state index in [4.69, 9.17) is 4.74 Å². The van der Waals surface area contributed by atoms with Crippen molar-refractivity contribution in [3.05, 3.63) is 17.0 Å². The van der Waals surface area contributed by atoms with Crippen molar-refractivity contribution < 1.29 is 14.6 Å². The van der Waals surface area contributed by atoms with Crippen LogP contribution in [0.3, 0.4) is 0 Å². The first-order valence-electron chi connectivity index (χ1n) is 9.50. The van der Waals surface area contributed by atoms with Crippen LogP contribution in [0.2, 0.25) is 0 Å². The zero-order chi connectivity index (χ0) is 18.0. The zero-order valence-corrected chi connectivity index (χ0v) is 15.7. The van der Waals surface area contributed by atoms with Crippen LogP contribution >= 0.6 is 0 Å². The number of nitrogens with one attached hydrogen (secondary N) is 1. The highest BCUT2D eigenvalue weighted by Crippen LogP contribution is 2.39. The Balaban J connectivity index is 1.56. The third-order valence-electron chi connectivity index (χ3n) is 6.28. The highest BCUT2D eigenvalue weighted by atomic mass is 16.5. The van der Waals surface area contributed by atoms with Crippen molar-refractivity contribution in [3.8, 4) is 0 Å². The zero-order valence-electron chi connectivity index (χ0n) is 15.7. The molecule has 2 aliphatic heterocycles. The van der Waals surface area contributed by atoms with E-state index in [1.54, 1.807) is 0 Å². The van der Waals surface area contributed by atoms with E-state index in [1.807, 2.05) is 18.7 Å². The lowest BCUT2D eigenvalue weighted by Crippen LogP contribution is -2.56. The van der Waals surface area contributed by atoms with E-state index in [9.17, 15) is 9.90 Å². The van der Waals surface area contributed by atoms with Crippen LogP contribution in [0.4, 0.5) is 0 Å². The largest absolute Gasteiger partial charge is 0.389 e. The molecule has 25 heavy (non-hydrogen) atoms. The summed E-state index contributed by atoms with van der Waals surface area (Å²) in [4.78, 5) is 14.6. The summed E-state index contributed by atoms with van der Waals surface area (Å²) in [6.07, 6.45) is 3.75. The van der Waals surface area contributed by atoms with Gasteiger partial charge in [0.05, 0.1) is 11.3 Å². The number of likely N-dealkylation sites (tertiary alicyclic amines) is 1. The molecule has 2 N–H and O–H groups in total. The Morgan fingerprint density at radius 1 is 1.40 bits per heavy atom. The highest BCUT2D eigenvalue weighted by Gasteiger charge is 2.45. The summed E-state index contributed by atoms with van der Waals surface area (Å²) in [7, 11) is 0. The molecule has 1 amide bonds. The van der Waals surface area contributed by atoms with Gasteiger partial charge in [-0.15, -0.1) is 0 Å². The lowest BCUT2D eigenvalue weighted by molar-refractivity contribution is -0.151. The van der Waals surface area contributed by atoms with Gasteiger partial charge in [-0.25, -0.2) is 0 Å². The number of amides is 1. The van der Waals surface area contributed by atoms with Gasteiger partial charge in [0.25, 0.3) is 0 Å². The number of ether oxygens (including phenoxy) is 1. The number of aliphatic hydroxyl groups is 1. The topological polar surface area (TPSA) is 78.5 Å². The number of piperidine rings is 1. The smallest absolute Gasteiger partial charge is 0.222 e. The van der Waals surface area contributed by atoms with Gasteiger partial charge < -0.3 is 14.7 Å². The molecule has 0 bridgehead atoms. The molecular weight excluding hydrogens is 318 g/mol. The SMILES string of the molecule is Cc1n[nH]c(C)c1CCC(=O)N1CC[C@@](O)(C2CCOCC2)[C@H](C)C1. The number of carbonyl (C=O) groups is 1. The quantitative estimate of drug-likeness (QED) is 0.871. The Morgan fingerprint density at radius 3 is 2.72 bits per heavy atom. The van der Waals surface area contributed by atoms with Crippen molar-refractivity contribution >= 4 is 5.91 Å². The summed E-state index contributed by atoms with van der Waals surface area (Å²) < 4.78 is 5.43. The first-order valence-corrected chi connectivity index (χ1v) is 9.50. The fourth-order valence-electron chi connectivity index (χ4n) is 4.50. The second-order valence-electron chi connectivity index (χ2n) is 7.78. The molecule has 3 heterocycles. The summed E-state index contributed by atoms with van der Waals surface area (Å²) in [6, 6.07) is 0. The Bertz CT molecular complexity index is 590. The maximum atomic E-state index is 12.6. The molecule has 1 aromatic heterocycles. The van der Waals surface area contributed by atoms with Crippen LogP contribution in [0.15, 0.2) is 0 Å². The van der Waals surface area contributed by atoms with Crippen molar-refractivity contribution in [2.75, 3.05) is 26.3 Å². The Labute approximate surface area is 149 Å². The molecule has 2 fully saturated rings. The van der Waals surface area contributed by atoms with Crippen molar-refractivity contribution in [2.24, 2.45) is 11.8 Å². The average Bonchev–Trinajstić information content (AvgIpc) is 2.94. The van der Waals surface area contributed by atoms with E-state index >= 15 is 0 Å². The van der Waals surface area contributed by atoms with Crippen molar-refractivity contribution in [3.63, 3.8) is 0 Å². The number of H-pyrrole nitrogens is 1. The van der Waals surface area contributed by atoms with E-state index in [1.165, 1.54) is 0 Å². The van der Waals surface area contributed by atoms with E-state index in [-0.39, 0.29) is 11.8 Å². The van der Waals surface area contributed by atoms with Gasteiger partial charge in [-0.3, -0.25) is 9.89 Å². The Kier molecular flexibility index (Phi) is 5.49. The third kappa shape index (κ3) is 3.75. The lowest BCUT2D eigenvalue weighted by Gasteiger charge is -2.48. The van der Waals surface area contributed by atoms with Gasteiger partial charge in [0.1, 0.15) is 0 Å². The standard InChI is InChI=1S/C19H31N3O3/c1-13-12-22(9-8-19(13,24)16-6-10-25-11-7-16)18(23)5-4-17-14(2)20-21-15(17)3/h13,16,24H,4-12H2,1-3H3,(H,20,21)/t13-,19+/m1/s1. The molecule has 2 aliphatic rings. The maximum Gasteiger partial charge on any atom is 0.222 e. The van der Waals surface area contributed by atoms with Gasteiger partial charge in [-0.05, 0) is 51.0 Å². The normalized spacial score (nSPS) is 28.3. The summed E-state index contributed by atoms with van der Waals surface area (Å²) in [5.41, 5.74) is 2.52. The van der Waals surface area contributed by atoms with Gasteiger partial charge in [0.15, 0.2) is 0 Å². The molecule has 2 saturated heterocycles. The number of aromatic amines is 1. The van der Waals surface area contributed by atoms with Gasteiger partial charge in [0, 0.05) is 44.3 Å². The molecule has 0 aliphatic carbocycles. The van der Waals surface area contributed by atoms with Crippen LogP contribution in [0.25, 0.3) is 0 Å². The number of aryl methyl sites for hydroxylation is 2. The minimum absolute atomic E-state index is 0.102. The minimum Gasteiger partial charge on any atom is -0.389 e. The number of hydrogen-bond donors (Lipinski definition) is 2. The summed E-state index contributed by atoms with van der Waals surface area (Å²) in [6.45, 7) is 8.84. The molecule has 0 aromatic carbocycles. The van der Waals surface area contributed by atoms with Crippen molar-refractivity contribution in [1.82, 2.24) is 15.1 Å². The van der Waals surface area contributed by atoms with Crippen LogP contribution in [-0.4, -0.2) is 58.0 Å². The average molecular weight is 349 g/mol. The molecule has 2 atom stereocenters. The van der Waals surface area contributed by atoms with Crippen molar-refractivity contribution in [1.29, 1.82) is 0 Å². The number of carbonyl (C=O) groups excluding carboxylic acids is 1. The van der Waals surface area contributed by atoms with Crippen LogP contribution in [0, 0.1) is 25.7 Å². The molecule has 0 saturated carbocycles. The van der Waals surface area contributed by atoms with Gasteiger partial charge in [0.2, 0.25) is 5.91 Å². The van der Waals surface area contributed by atoms with Gasteiger partial charge in [-0.1, -0.05) is 6.92 Å². The van der Waals surface area contributed by atoms with Crippen LogP contribution in [0.5, 0.6) is 0 Å². The Hall–Kier alpha value is -1.40. The van der Waals surface area contributed by atoms with Gasteiger partial charge in [-0.2, -0.15) is 5.10 Å². The predicted octanol–water partition coefficient (Wildman–Crippen LogP) is 1.99. The van der Waals surface area contributed by atoms with E-state index in [0.29, 0.717) is 31.8 Å². The molecule has 6 nitrogen and oxygen atoms in total. The third-order valence-corrected chi connectivity index (χ3v) is 6.28. The maximum absolute atomic E-state index is 12.6. The monoisotopic (exact) mass is 349 g/mol. The molecule has 0 unspecified atom stereocenters. The number of rotatable bonds is 4. The molecule has 140 valence electrons. The lowest BCUT2D eigenvalue weighted by atomic mass is 9.70. The van der Waals surface area contributed by atoms with E-state index in [0.717, 1.165) is 49.4 Å². The number of hydrogen-bond acceptors (Lipinski definition) is 4. The highest BCUT2D eigenvalue weighted by molar-refractivity contribution is 5.76. The molecular formula is C19H31N3O3.